The summed E-state index contributed by atoms with van der Waals surface area (Å²) in [5.41, 5.74) is 4.69. The molecule has 0 aliphatic heterocycles. The van der Waals surface area contributed by atoms with Crippen LogP contribution in [0.1, 0.15) is 12.8 Å². The van der Waals surface area contributed by atoms with Crippen LogP contribution in [0.15, 0.2) is 0 Å². The maximum Gasteiger partial charge on any atom is 0.224 e. The zero-order valence-corrected chi connectivity index (χ0v) is 5.90. The van der Waals surface area contributed by atoms with Crippen LogP contribution in [0.25, 0.3) is 0 Å². The van der Waals surface area contributed by atoms with Gasteiger partial charge in [0.15, 0.2) is 0 Å². The molecule has 1 aliphatic rings. The van der Waals surface area contributed by atoms with Crippen molar-refractivity contribution in [2.45, 2.75) is 18.3 Å². The molecule has 0 spiro atoms. The second-order valence-electron chi connectivity index (χ2n) is 2.23. The van der Waals surface area contributed by atoms with Crippen molar-refractivity contribution in [2.24, 2.45) is 11.7 Å². The maximum absolute atomic E-state index is 10.8. The van der Waals surface area contributed by atoms with Gasteiger partial charge in [0.2, 0.25) is 5.91 Å². The van der Waals surface area contributed by atoms with Crippen LogP contribution in [0.4, 0.5) is 0 Å². The van der Waals surface area contributed by atoms with E-state index in [1.807, 2.05) is 0 Å². The summed E-state index contributed by atoms with van der Waals surface area (Å²) in [5, 5.41) is 2.51. The van der Waals surface area contributed by atoms with Gasteiger partial charge in [-0.25, -0.2) is 0 Å². The van der Waals surface area contributed by atoms with Crippen LogP contribution >= 0.6 is 12.6 Å². The van der Waals surface area contributed by atoms with Crippen molar-refractivity contribution >= 4 is 18.5 Å². The van der Waals surface area contributed by atoms with Crippen LogP contribution in [-0.2, 0) is 4.79 Å². The summed E-state index contributed by atoms with van der Waals surface area (Å²) in [4.78, 5) is 10.8. The zero-order valence-electron chi connectivity index (χ0n) is 5.00. The standard InChI is InChI=1S/C5H10N2OS/c6-5(9)7-4(8)3-1-2-3/h3,5,9H,1-2,6H2,(H,7,8). The summed E-state index contributed by atoms with van der Waals surface area (Å²) in [6.07, 6.45) is 2.01. The van der Waals surface area contributed by atoms with E-state index in [2.05, 4.69) is 17.9 Å². The van der Waals surface area contributed by atoms with Crippen molar-refractivity contribution in [1.29, 1.82) is 0 Å². The minimum absolute atomic E-state index is 0.0394. The summed E-state index contributed by atoms with van der Waals surface area (Å²) >= 11 is 3.81. The van der Waals surface area contributed by atoms with E-state index in [0.717, 1.165) is 12.8 Å². The number of amides is 1. The Morgan fingerprint density at radius 2 is 2.33 bits per heavy atom. The second-order valence-corrected chi connectivity index (χ2v) is 2.78. The Balaban J connectivity index is 2.18. The van der Waals surface area contributed by atoms with E-state index in [1.165, 1.54) is 0 Å². The van der Waals surface area contributed by atoms with Crippen LogP contribution in [-0.4, -0.2) is 11.4 Å². The fourth-order valence-electron chi connectivity index (χ4n) is 0.609. The molecule has 1 saturated carbocycles. The van der Waals surface area contributed by atoms with Gasteiger partial charge in [0.05, 0.1) is 0 Å². The van der Waals surface area contributed by atoms with Crippen molar-refractivity contribution in [3.63, 3.8) is 0 Å². The predicted octanol–water partition coefficient (Wildman–Crippen LogP) is -0.315. The molecule has 4 heteroatoms. The summed E-state index contributed by atoms with van der Waals surface area (Å²) in [5.74, 6) is 0.265. The molecule has 1 unspecified atom stereocenters. The van der Waals surface area contributed by atoms with Gasteiger partial charge in [-0.3, -0.25) is 4.79 Å². The zero-order chi connectivity index (χ0) is 6.85. The molecule has 1 fully saturated rings. The fraction of sp³-hybridized carbons (Fsp3) is 0.800. The SMILES string of the molecule is NC(S)NC(=O)C1CC1. The van der Waals surface area contributed by atoms with Gasteiger partial charge >= 0.3 is 0 Å². The van der Waals surface area contributed by atoms with Gasteiger partial charge in [0, 0.05) is 5.92 Å². The molecule has 52 valence electrons. The molecule has 0 aromatic carbocycles. The largest absolute Gasteiger partial charge is 0.332 e. The monoisotopic (exact) mass is 146 g/mol. The number of hydrogen-bond acceptors (Lipinski definition) is 3. The van der Waals surface area contributed by atoms with E-state index in [9.17, 15) is 4.79 Å². The predicted molar refractivity (Wildman–Crippen MR) is 37.8 cm³/mol. The van der Waals surface area contributed by atoms with Gasteiger partial charge in [0.25, 0.3) is 0 Å². The third-order valence-corrected chi connectivity index (χ3v) is 1.37. The number of nitrogens with two attached hydrogens (primary N) is 1. The van der Waals surface area contributed by atoms with Crippen LogP contribution in [0, 0.1) is 5.92 Å². The first-order chi connectivity index (χ1) is 4.20. The van der Waals surface area contributed by atoms with Crippen molar-refractivity contribution in [3.8, 4) is 0 Å². The summed E-state index contributed by atoms with van der Waals surface area (Å²) < 4.78 is 0. The first kappa shape index (κ1) is 6.89. The highest BCUT2D eigenvalue weighted by Gasteiger charge is 2.29. The van der Waals surface area contributed by atoms with Crippen molar-refractivity contribution in [3.05, 3.63) is 0 Å². The van der Waals surface area contributed by atoms with Gasteiger partial charge in [0.1, 0.15) is 5.50 Å². The number of rotatable bonds is 2. The molecule has 1 aliphatic carbocycles. The number of carbonyl (C=O) groups excluding carboxylic acids is 1. The van der Waals surface area contributed by atoms with Gasteiger partial charge in [-0.05, 0) is 12.8 Å². The lowest BCUT2D eigenvalue weighted by molar-refractivity contribution is -0.122. The van der Waals surface area contributed by atoms with Crippen molar-refractivity contribution in [2.75, 3.05) is 0 Å². The fourth-order valence-corrected chi connectivity index (χ4v) is 0.736. The molecule has 9 heavy (non-hydrogen) atoms. The lowest BCUT2D eigenvalue weighted by atomic mass is 10.4. The Kier molecular flexibility index (Phi) is 1.97. The average molecular weight is 146 g/mol. The Morgan fingerprint density at radius 1 is 1.78 bits per heavy atom. The van der Waals surface area contributed by atoms with Gasteiger partial charge in [-0.15, -0.1) is 12.6 Å². The van der Waals surface area contributed by atoms with E-state index in [0.29, 0.717) is 0 Å². The van der Waals surface area contributed by atoms with E-state index in [1.54, 1.807) is 0 Å². The summed E-state index contributed by atoms with van der Waals surface area (Å²) in [7, 11) is 0. The molecule has 0 aromatic rings. The highest BCUT2D eigenvalue weighted by Crippen LogP contribution is 2.28. The molecule has 1 rings (SSSR count). The quantitative estimate of drug-likeness (QED) is 0.369. The van der Waals surface area contributed by atoms with Crippen molar-refractivity contribution < 1.29 is 4.79 Å². The topological polar surface area (TPSA) is 55.1 Å². The Labute approximate surface area is 59.4 Å². The molecular formula is C5H10N2OS. The minimum Gasteiger partial charge on any atom is -0.332 e. The van der Waals surface area contributed by atoms with Crippen LogP contribution in [0.5, 0.6) is 0 Å². The molecule has 0 radical (unpaired) electrons. The maximum atomic E-state index is 10.8. The number of carbonyl (C=O) groups is 1. The number of hydrogen-bond donors (Lipinski definition) is 3. The van der Waals surface area contributed by atoms with E-state index >= 15 is 0 Å². The summed E-state index contributed by atoms with van der Waals surface area (Å²) in [6, 6.07) is 0. The Bertz CT molecular complexity index is 122. The Hall–Kier alpha value is -0.220. The first-order valence-corrected chi connectivity index (χ1v) is 3.46. The van der Waals surface area contributed by atoms with Crippen LogP contribution in [0.2, 0.25) is 0 Å². The van der Waals surface area contributed by atoms with Crippen LogP contribution < -0.4 is 11.1 Å². The molecule has 0 bridgehead atoms. The molecule has 1 amide bonds. The lowest BCUT2D eigenvalue weighted by Crippen LogP contribution is -2.37. The normalized spacial score (nSPS) is 21.1. The second kappa shape index (κ2) is 2.58. The molecule has 0 saturated heterocycles. The molecule has 0 aromatic heterocycles. The third-order valence-electron chi connectivity index (χ3n) is 1.24. The van der Waals surface area contributed by atoms with Gasteiger partial charge < -0.3 is 11.1 Å². The number of nitrogens with one attached hydrogen (secondary N) is 1. The van der Waals surface area contributed by atoms with Gasteiger partial charge in [-0.2, -0.15) is 0 Å². The molecule has 3 nitrogen and oxygen atoms in total. The molecular weight excluding hydrogens is 136 g/mol. The Morgan fingerprint density at radius 3 is 2.67 bits per heavy atom. The van der Waals surface area contributed by atoms with E-state index in [4.69, 9.17) is 5.73 Å². The first-order valence-electron chi connectivity index (χ1n) is 2.94. The third kappa shape index (κ3) is 2.24. The highest BCUT2D eigenvalue weighted by molar-refractivity contribution is 7.80. The molecule has 0 heterocycles. The van der Waals surface area contributed by atoms with Gasteiger partial charge in [-0.1, -0.05) is 0 Å². The van der Waals surface area contributed by atoms with E-state index < -0.39 is 5.50 Å². The number of thiol groups is 1. The molecule has 3 N–H and O–H groups in total. The summed E-state index contributed by atoms with van der Waals surface area (Å²) in [6.45, 7) is 0. The van der Waals surface area contributed by atoms with Crippen LogP contribution in [0.3, 0.4) is 0 Å². The van der Waals surface area contributed by atoms with E-state index in [-0.39, 0.29) is 11.8 Å². The highest BCUT2D eigenvalue weighted by atomic mass is 32.1. The molecule has 1 atom stereocenters. The van der Waals surface area contributed by atoms with Crippen molar-refractivity contribution in [1.82, 2.24) is 5.32 Å². The lowest BCUT2D eigenvalue weighted by Gasteiger charge is -2.04. The average Bonchev–Trinajstić information content (AvgIpc) is 2.40. The smallest absolute Gasteiger partial charge is 0.224 e. The minimum atomic E-state index is -0.502.